The summed E-state index contributed by atoms with van der Waals surface area (Å²) in [5.41, 5.74) is 4.75. The highest BCUT2D eigenvalue weighted by Gasteiger charge is 2.25. The van der Waals surface area contributed by atoms with Crippen LogP contribution in [-0.2, 0) is 12.8 Å². The highest BCUT2D eigenvalue weighted by Crippen LogP contribution is 2.25. The van der Waals surface area contributed by atoms with E-state index in [9.17, 15) is 9.59 Å². The standard InChI is InChI=1S/C25H31N3O2/c1-18(21-12-11-19-7-5-6-10-22(19)17-21)26-25(30)28-15-13-23(14-16-28)27-24(29)20-8-3-2-4-9-20/h2-4,8-9,11-12,17-18,23H,5-7,10,13-16H2,1H3,(H,26,30)(H,27,29). The molecule has 1 atom stereocenters. The Morgan fingerprint density at radius 1 is 0.967 bits per heavy atom. The van der Waals surface area contributed by atoms with E-state index in [4.69, 9.17) is 0 Å². The number of nitrogens with zero attached hydrogens (tertiary/aromatic N) is 1. The average molecular weight is 406 g/mol. The molecule has 3 amide bonds. The Hall–Kier alpha value is -2.82. The van der Waals surface area contributed by atoms with Crippen molar-refractivity contribution in [3.8, 4) is 0 Å². The molecule has 1 fully saturated rings. The Morgan fingerprint density at radius 3 is 2.40 bits per heavy atom. The van der Waals surface area contributed by atoms with E-state index in [1.807, 2.05) is 35.2 Å². The fraction of sp³-hybridized carbons (Fsp3) is 0.440. The molecule has 4 rings (SSSR count). The molecule has 0 spiro atoms. The van der Waals surface area contributed by atoms with Gasteiger partial charge in [0.2, 0.25) is 0 Å². The number of carbonyl (C=O) groups is 2. The maximum absolute atomic E-state index is 12.7. The minimum Gasteiger partial charge on any atom is -0.349 e. The molecule has 158 valence electrons. The van der Waals surface area contributed by atoms with Gasteiger partial charge in [0.1, 0.15) is 0 Å². The van der Waals surface area contributed by atoms with Gasteiger partial charge in [-0.05, 0) is 74.3 Å². The van der Waals surface area contributed by atoms with Gasteiger partial charge in [-0.25, -0.2) is 4.79 Å². The average Bonchev–Trinajstić information content (AvgIpc) is 2.79. The number of rotatable bonds is 4. The summed E-state index contributed by atoms with van der Waals surface area (Å²) in [6.07, 6.45) is 6.41. The van der Waals surface area contributed by atoms with Crippen molar-refractivity contribution in [1.82, 2.24) is 15.5 Å². The van der Waals surface area contributed by atoms with Crippen LogP contribution in [0.5, 0.6) is 0 Å². The van der Waals surface area contributed by atoms with Crippen LogP contribution in [0.3, 0.4) is 0 Å². The van der Waals surface area contributed by atoms with Crippen molar-refractivity contribution in [3.63, 3.8) is 0 Å². The third-order valence-electron chi connectivity index (χ3n) is 6.37. The topological polar surface area (TPSA) is 61.4 Å². The summed E-state index contributed by atoms with van der Waals surface area (Å²) >= 11 is 0. The van der Waals surface area contributed by atoms with E-state index in [-0.39, 0.29) is 24.0 Å². The number of amides is 3. The van der Waals surface area contributed by atoms with Gasteiger partial charge in [-0.3, -0.25) is 4.79 Å². The summed E-state index contributed by atoms with van der Waals surface area (Å²) in [7, 11) is 0. The number of hydrogen-bond acceptors (Lipinski definition) is 2. The van der Waals surface area contributed by atoms with Crippen molar-refractivity contribution < 1.29 is 9.59 Å². The lowest BCUT2D eigenvalue weighted by atomic mass is 9.89. The molecule has 0 bridgehead atoms. The lowest BCUT2D eigenvalue weighted by molar-refractivity contribution is 0.0917. The Labute approximate surface area is 178 Å². The van der Waals surface area contributed by atoms with Crippen LogP contribution >= 0.6 is 0 Å². The van der Waals surface area contributed by atoms with Crippen LogP contribution in [0.2, 0.25) is 0 Å². The van der Waals surface area contributed by atoms with Gasteiger partial charge in [0.25, 0.3) is 5.91 Å². The molecule has 2 aliphatic rings. The predicted molar refractivity (Wildman–Crippen MR) is 119 cm³/mol. The molecule has 1 heterocycles. The van der Waals surface area contributed by atoms with E-state index >= 15 is 0 Å². The van der Waals surface area contributed by atoms with Gasteiger partial charge in [-0.1, -0.05) is 36.4 Å². The number of nitrogens with one attached hydrogen (secondary N) is 2. The van der Waals surface area contributed by atoms with Gasteiger partial charge in [0.05, 0.1) is 6.04 Å². The van der Waals surface area contributed by atoms with E-state index in [1.54, 1.807) is 0 Å². The van der Waals surface area contributed by atoms with E-state index in [2.05, 4.69) is 35.8 Å². The van der Waals surface area contributed by atoms with Crippen LogP contribution in [0.15, 0.2) is 48.5 Å². The second kappa shape index (κ2) is 9.33. The molecule has 5 nitrogen and oxygen atoms in total. The van der Waals surface area contributed by atoms with Gasteiger partial charge in [-0.2, -0.15) is 0 Å². The van der Waals surface area contributed by atoms with Crippen LogP contribution in [0.4, 0.5) is 4.79 Å². The largest absolute Gasteiger partial charge is 0.349 e. The zero-order valence-corrected chi connectivity index (χ0v) is 17.7. The minimum absolute atomic E-state index is 0.0137. The molecule has 0 radical (unpaired) electrons. The zero-order valence-electron chi connectivity index (χ0n) is 17.7. The van der Waals surface area contributed by atoms with Crippen molar-refractivity contribution in [2.24, 2.45) is 0 Å². The Morgan fingerprint density at radius 2 is 1.67 bits per heavy atom. The molecule has 1 aliphatic heterocycles. The van der Waals surface area contributed by atoms with Gasteiger partial charge >= 0.3 is 6.03 Å². The molecule has 5 heteroatoms. The number of fused-ring (bicyclic) bond motifs is 1. The minimum atomic E-state index is -0.0421. The first-order valence-corrected chi connectivity index (χ1v) is 11.1. The summed E-state index contributed by atoms with van der Waals surface area (Å²) in [5, 5.41) is 6.25. The molecular formula is C25H31N3O2. The number of benzene rings is 2. The number of likely N-dealkylation sites (tertiary alicyclic amines) is 1. The molecule has 2 N–H and O–H groups in total. The maximum atomic E-state index is 12.7. The molecular weight excluding hydrogens is 374 g/mol. The highest BCUT2D eigenvalue weighted by molar-refractivity contribution is 5.94. The van der Waals surface area contributed by atoms with Crippen LogP contribution in [0.1, 0.15) is 65.7 Å². The summed E-state index contributed by atoms with van der Waals surface area (Å²) in [6.45, 7) is 3.36. The van der Waals surface area contributed by atoms with Crippen molar-refractivity contribution in [2.45, 2.75) is 57.5 Å². The summed E-state index contributed by atoms with van der Waals surface area (Å²) in [4.78, 5) is 26.9. The summed E-state index contributed by atoms with van der Waals surface area (Å²) in [5.74, 6) is -0.0421. The fourth-order valence-corrected chi connectivity index (χ4v) is 4.47. The van der Waals surface area contributed by atoms with Gasteiger partial charge < -0.3 is 15.5 Å². The highest BCUT2D eigenvalue weighted by atomic mass is 16.2. The van der Waals surface area contributed by atoms with Crippen LogP contribution in [0, 0.1) is 0 Å². The number of aryl methyl sites for hydroxylation is 2. The number of carbonyl (C=O) groups excluding carboxylic acids is 2. The monoisotopic (exact) mass is 405 g/mol. The molecule has 2 aromatic rings. The normalized spacial score (nSPS) is 17.7. The van der Waals surface area contributed by atoms with Gasteiger partial charge in [-0.15, -0.1) is 0 Å². The van der Waals surface area contributed by atoms with Crippen molar-refractivity contribution >= 4 is 11.9 Å². The van der Waals surface area contributed by atoms with Crippen LogP contribution < -0.4 is 10.6 Å². The van der Waals surface area contributed by atoms with Crippen LogP contribution in [-0.4, -0.2) is 36.0 Å². The molecule has 1 saturated heterocycles. The number of hydrogen-bond donors (Lipinski definition) is 2. The second-order valence-corrected chi connectivity index (χ2v) is 8.51. The fourth-order valence-electron chi connectivity index (χ4n) is 4.47. The first-order valence-electron chi connectivity index (χ1n) is 11.1. The predicted octanol–water partition coefficient (Wildman–Crippen LogP) is 4.23. The quantitative estimate of drug-likeness (QED) is 0.800. The SMILES string of the molecule is CC(NC(=O)N1CCC(NC(=O)c2ccccc2)CC1)c1ccc2c(c1)CCCC2. The molecule has 1 unspecified atom stereocenters. The molecule has 0 aromatic heterocycles. The van der Waals surface area contributed by atoms with Crippen LogP contribution in [0.25, 0.3) is 0 Å². The maximum Gasteiger partial charge on any atom is 0.317 e. The van der Waals surface area contributed by atoms with Crippen molar-refractivity contribution in [3.05, 3.63) is 70.8 Å². The van der Waals surface area contributed by atoms with E-state index in [0.29, 0.717) is 18.7 Å². The number of urea groups is 1. The van der Waals surface area contributed by atoms with Crippen molar-refractivity contribution in [1.29, 1.82) is 0 Å². The lowest BCUT2D eigenvalue weighted by Gasteiger charge is -2.33. The lowest BCUT2D eigenvalue weighted by Crippen LogP contribution is -2.49. The van der Waals surface area contributed by atoms with Crippen molar-refractivity contribution in [2.75, 3.05) is 13.1 Å². The molecule has 1 aliphatic carbocycles. The third kappa shape index (κ3) is 4.84. The Balaban J connectivity index is 1.26. The summed E-state index contributed by atoms with van der Waals surface area (Å²) in [6, 6.07) is 16.0. The smallest absolute Gasteiger partial charge is 0.317 e. The van der Waals surface area contributed by atoms with Gasteiger partial charge in [0, 0.05) is 24.7 Å². The van der Waals surface area contributed by atoms with E-state index in [0.717, 1.165) is 19.3 Å². The van der Waals surface area contributed by atoms with E-state index < -0.39 is 0 Å². The Bertz CT molecular complexity index is 889. The first kappa shape index (κ1) is 20.5. The molecule has 0 saturated carbocycles. The summed E-state index contributed by atoms with van der Waals surface area (Å²) < 4.78 is 0. The molecule has 2 aromatic carbocycles. The third-order valence-corrected chi connectivity index (χ3v) is 6.37. The first-order chi connectivity index (χ1) is 14.6. The Kier molecular flexibility index (Phi) is 6.36. The number of piperidine rings is 1. The second-order valence-electron chi connectivity index (χ2n) is 8.51. The van der Waals surface area contributed by atoms with Gasteiger partial charge in [0.15, 0.2) is 0 Å². The van der Waals surface area contributed by atoms with E-state index in [1.165, 1.54) is 36.0 Å². The molecule has 30 heavy (non-hydrogen) atoms. The zero-order chi connectivity index (χ0) is 20.9.